The Morgan fingerprint density at radius 1 is 1.09 bits per heavy atom. The molecule has 3 heteroatoms. The standard InChI is InChI=1S/C20H24O2S/c1-2-3-4-5-6-7-10-15-13-14-18-20(23-15)19(21)16-11-8-9-12-17(16)22-18/h8-9,11-15H,2-7,10H2,1H3. The summed E-state index contributed by atoms with van der Waals surface area (Å²) in [6.45, 7) is 2.25. The van der Waals surface area contributed by atoms with E-state index in [2.05, 4.69) is 13.0 Å². The van der Waals surface area contributed by atoms with E-state index >= 15 is 0 Å². The van der Waals surface area contributed by atoms with Crippen LogP contribution in [0.1, 0.15) is 57.6 Å². The maximum Gasteiger partial charge on any atom is 0.206 e. The van der Waals surface area contributed by atoms with Crippen molar-refractivity contribution >= 4 is 28.8 Å². The largest absolute Gasteiger partial charge is 0.455 e. The van der Waals surface area contributed by atoms with Crippen LogP contribution in [-0.2, 0) is 0 Å². The Labute approximate surface area is 142 Å². The van der Waals surface area contributed by atoms with Crippen LogP contribution >= 0.6 is 11.8 Å². The highest BCUT2D eigenvalue weighted by Crippen LogP contribution is 2.35. The zero-order valence-electron chi connectivity index (χ0n) is 13.7. The molecule has 0 radical (unpaired) electrons. The number of unbranched alkanes of at least 4 members (excludes halogenated alkanes) is 5. The van der Waals surface area contributed by atoms with Gasteiger partial charge in [-0.1, -0.05) is 63.7 Å². The van der Waals surface area contributed by atoms with Gasteiger partial charge in [-0.3, -0.25) is 4.79 Å². The summed E-state index contributed by atoms with van der Waals surface area (Å²) in [4.78, 5) is 13.4. The van der Waals surface area contributed by atoms with Gasteiger partial charge in [-0.25, -0.2) is 0 Å². The van der Waals surface area contributed by atoms with Crippen molar-refractivity contribution in [3.8, 4) is 0 Å². The fourth-order valence-electron chi connectivity index (χ4n) is 3.03. The summed E-state index contributed by atoms with van der Waals surface area (Å²) >= 11 is 1.67. The Morgan fingerprint density at radius 2 is 1.87 bits per heavy atom. The Balaban J connectivity index is 1.65. The third-order valence-corrected chi connectivity index (χ3v) is 5.67. The molecule has 0 saturated heterocycles. The molecule has 2 nitrogen and oxygen atoms in total. The smallest absolute Gasteiger partial charge is 0.206 e. The van der Waals surface area contributed by atoms with Crippen LogP contribution in [-0.4, -0.2) is 5.25 Å². The molecular formula is C20H24O2S. The molecule has 0 N–H and O–H groups in total. The Hall–Kier alpha value is -1.48. The van der Waals surface area contributed by atoms with E-state index in [0.717, 1.165) is 17.1 Å². The molecule has 3 rings (SSSR count). The van der Waals surface area contributed by atoms with Gasteiger partial charge in [-0.15, -0.1) is 11.8 Å². The summed E-state index contributed by atoms with van der Waals surface area (Å²) in [6, 6.07) is 7.50. The van der Waals surface area contributed by atoms with Crippen molar-refractivity contribution in [1.82, 2.24) is 0 Å². The minimum absolute atomic E-state index is 0.115. The van der Waals surface area contributed by atoms with Crippen LogP contribution in [0.4, 0.5) is 0 Å². The van der Waals surface area contributed by atoms with Gasteiger partial charge in [-0.05, 0) is 24.6 Å². The van der Waals surface area contributed by atoms with Gasteiger partial charge < -0.3 is 4.42 Å². The molecular weight excluding hydrogens is 304 g/mol. The number of benzene rings is 1. The molecule has 1 aromatic heterocycles. The highest BCUT2D eigenvalue weighted by atomic mass is 32.2. The minimum atomic E-state index is 0.115. The van der Waals surface area contributed by atoms with E-state index in [-0.39, 0.29) is 5.43 Å². The van der Waals surface area contributed by atoms with Crippen molar-refractivity contribution in [1.29, 1.82) is 0 Å². The van der Waals surface area contributed by atoms with Crippen LogP contribution in [0, 0.1) is 0 Å². The molecule has 0 bridgehead atoms. The first kappa shape index (κ1) is 16.4. The molecule has 1 aliphatic heterocycles. The number of para-hydroxylation sites is 1. The number of fused-ring (bicyclic) bond motifs is 2. The topological polar surface area (TPSA) is 30.2 Å². The fourth-order valence-corrected chi connectivity index (χ4v) is 4.22. The average molecular weight is 328 g/mol. The molecule has 0 amide bonds. The van der Waals surface area contributed by atoms with Crippen LogP contribution in [0.25, 0.3) is 17.0 Å². The number of hydrogen-bond acceptors (Lipinski definition) is 3. The third-order valence-electron chi connectivity index (χ3n) is 4.36. The van der Waals surface area contributed by atoms with E-state index in [1.807, 2.05) is 30.3 Å². The Kier molecular flexibility index (Phi) is 5.60. The predicted molar refractivity (Wildman–Crippen MR) is 99.2 cm³/mol. The SMILES string of the molecule is CCCCCCCCC1C=Cc2oc3ccccc3c(=O)c2S1. The zero-order chi connectivity index (χ0) is 16.1. The van der Waals surface area contributed by atoms with Crippen LogP contribution in [0.2, 0.25) is 0 Å². The van der Waals surface area contributed by atoms with Crippen LogP contribution in [0.15, 0.2) is 44.4 Å². The van der Waals surface area contributed by atoms with E-state index in [0.29, 0.717) is 16.2 Å². The lowest BCUT2D eigenvalue weighted by atomic mass is 10.1. The van der Waals surface area contributed by atoms with Crippen molar-refractivity contribution in [2.24, 2.45) is 0 Å². The van der Waals surface area contributed by atoms with Gasteiger partial charge in [0.15, 0.2) is 0 Å². The van der Waals surface area contributed by atoms with Gasteiger partial charge in [-0.2, -0.15) is 0 Å². The van der Waals surface area contributed by atoms with E-state index in [9.17, 15) is 4.79 Å². The second-order valence-electron chi connectivity index (χ2n) is 6.19. The highest BCUT2D eigenvalue weighted by molar-refractivity contribution is 8.00. The molecule has 0 aliphatic carbocycles. The normalized spacial score (nSPS) is 16.7. The van der Waals surface area contributed by atoms with Gasteiger partial charge in [0.1, 0.15) is 11.3 Å². The maximum absolute atomic E-state index is 12.7. The molecule has 2 aromatic rings. The molecule has 122 valence electrons. The van der Waals surface area contributed by atoms with E-state index in [1.54, 1.807) is 11.8 Å². The van der Waals surface area contributed by atoms with Crippen LogP contribution < -0.4 is 5.43 Å². The number of rotatable bonds is 7. The van der Waals surface area contributed by atoms with Crippen molar-refractivity contribution in [3.63, 3.8) is 0 Å². The average Bonchev–Trinajstić information content (AvgIpc) is 2.59. The van der Waals surface area contributed by atoms with Crippen molar-refractivity contribution in [2.45, 2.75) is 62.0 Å². The van der Waals surface area contributed by atoms with Gasteiger partial charge in [0.2, 0.25) is 5.43 Å². The molecule has 1 aromatic carbocycles. The van der Waals surface area contributed by atoms with Gasteiger partial charge in [0.05, 0.1) is 10.3 Å². The summed E-state index contributed by atoms with van der Waals surface area (Å²) in [6.07, 6.45) is 13.2. The molecule has 1 aliphatic rings. The fraction of sp³-hybridized carbons (Fsp3) is 0.450. The molecule has 0 saturated carbocycles. The molecule has 0 fully saturated rings. The van der Waals surface area contributed by atoms with Crippen molar-refractivity contribution < 1.29 is 4.42 Å². The zero-order valence-corrected chi connectivity index (χ0v) is 14.5. The molecule has 1 unspecified atom stereocenters. The van der Waals surface area contributed by atoms with Crippen molar-refractivity contribution in [2.75, 3.05) is 0 Å². The van der Waals surface area contributed by atoms with E-state index in [1.165, 1.54) is 38.5 Å². The quantitative estimate of drug-likeness (QED) is 0.581. The Morgan fingerprint density at radius 3 is 2.74 bits per heavy atom. The second kappa shape index (κ2) is 7.87. The van der Waals surface area contributed by atoms with Gasteiger partial charge >= 0.3 is 0 Å². The monoisotopic (exact) mass is 328 g/mol. The summed E-state index contributed by atoms with van der Waals surface area (Å²) in [5.41, 5.74) is 0.792. The van der Waals surface area contributed by atoms with Crippen molar-refractivity contribution in [3.05, 3.63) is 46.3 Å². The molecule has 0 spiro atoms. The van der Waals surface area contributed by atoms with Crippen LogP contribution in [0.5, 0.6) is 0 Å². The summed E-state index contributed by atoms with van der Waals surface area (Å²) in [7, 11) is 0. The first-order valence-corrected chi connectivity index (χ1v) is 9.58. The van der Waals surface area contributed by atoms with E-state index in [4.69, 9.17) is 4.42 Å². The third kappa shape index (κ3) is 3.89. The first-order valence-electron chi connectivity index (χ1n) is 8.70. The first-order chi connectivity index (χ1) is 11.3. The maximum atomic E-state index is 12.7. The Bertz CT molecular complexity index is 745. The highest BCUT2D eigenvalue weighted by Gasteiger charge is 2.20. The minimum Gasteiger partial charge on any atom is -0.455 e. The molecule has 2 heterocycles. The molecule has 1 atom stereocenters. The van der Waals surface area contributed by atoms with Crippen LogP contribution in [0.3, 0.4) is 0 Å². The summed E-state index contributed by atoms with van der Waals surface area (Å²) in [5, 5.41) is 1.09. The summed E-state index contributed by atoms with van der Waals surface area (Å²) < 4.78 is 5.88. The number of thioether (sulfide) groups is 1. The lowest BCUT2D eigenvalue weighted by Gasteiger charge is -2.18. The van der Waals surface area contributed by atoms with Gasteiger partial charge in [0.25, 0.3) is 0 Å². The molecule has 23 heavy (non-hydrogen) atoms. The lowest BCUT2D eigenvalue weighted by molar-refractivity contribution is 0.570. The van der Waals surface area contributed by atoms with Gasteiger partial charge in [0, 0.05) is 5.25 Å². The number of hydrogen-bond donors (Lipinski definition) is 0. The summed E-state index contributed by atoms with van der Waals surface area (Å²) in [5.74, 6) is 0.720. The second-order valence-corrected chi connectivity index (χ2v) is 7.44. The predicted octanol–water partition coefficient (Wildman–Crippen LogP) is 6.03. The lowest BCUT2D eigenvalue weighted by Crippen LogP contribution is -2.12. The van der Waals surface area contributed by atoms with E-state index < -0.39 is 0 Å².